The molecule has 0 heterocycles. The van der Waals surface area contributed by atoms with E-state index in [0.29, 0.717) is 0 Å². The van der Waals surface area contributed by atoms with Gasteiger partial charge in [-0.15, -0.1) is 0 Å². The van der Waals surface area contributed by atoms with E-state index in [1.807, 2.05) is 0 Å². The summed E-state index contributed by atoms with van der Waals surface area (Å²) in [6, 6.07) is 69.9. The van der Waals surface area contributed by atoms with Crippen LogP contribution in [-0.4, -0.2) is 0 Å². The predicted octanol–water partition coefficient (Wildman–Crippen LogP) is 15.4. The molecule has 0 bridgehead atoms. The van der Waals surface area contributed by atoms with Crippen molar-refractivity contribution in [1.82, 2.24) is 0 Å². The molecule has 0 aromatic heterocycles. The molecule has 11 rings (SSSR count). The van der Waals surface area contributed by atoms with E-state index < -0.39 is 0 Å². The van der Waals surface area contributed by atoms with Gasteiger partial charge in [-0.2, -0.15) is 0 Å². The molecule has 0 N–H and O–H groups in total. The lowest BCUT2D eigenvalue weighted by Gasteiger charge is -2.33. The van der Waals surface area contributed by atoms with Crippen LogP contribution in [0.15, 0.2) is 188 Å². The Kier molecular flexibility index (Phi) is 7.32. The molecule has 0 amide bonds. The molecular weight excluding hydrogens is 687 g/mol. The van der Waals surface area contributed by atoms with E-state index in [0.717, 1.165) is 5.69 Å². The first kappa shape index (κ1) is 33.6. The standard InChI is InChI=1S/C56H43N/c1-55(2)49-34-29-37-17-8-9-20-44(37)53(49)47-33-32-41(35-50(47)55)57(51-26-14-24-46-45-21-10-11-25-48(45)56(3,4)54(46)51)40-30-27-38(28-31-40)43-23-13-19-39-18-12-22-42(52(39)43)36-15-6-5-7-16-36/h5-35H,1-4H3. The van der Waals surface area contributed by atoms with Crippen molar-refractivity contribution in [3.05, 3.63) is 210 Å². The third-order valence-corrected chi connectivity index (χ3v) is 13.0. The Balaban J connectivity index is 1.11. The van der Waals surface area contributed by atoms with Crippen LogP contribution in [0.25, 0.3) is 66.1 Å². The van der Waals surface area contributed by atoms with Gasteiger partial charge in [0.25, 0.3) is 0 Å². The summed E-state index contributed by atoms with van der Waals surface area (Å²) in [5.41, 5.74) is 19.0. The minimum atomic E-state index is -0.178. The van der Waals surface area contributed by atoms with E-state index in [4.69, 9.17) is 0 Å². The maximum atomic E-state index is 2.52. The van der Waals surface area contributed by atoms with Crippen molar-refractivity contribution in [3.8, 4) is 44.5 Å². The number of fused-ring (bicyclic) bond motifs is 9. The zero-order valence-electron chi connectivity index (χ0n) is 32.8. The Morgan fingerprint density at radius 3 is 1.77 bits per heavy atom. The fraction of sp³-hybridized carbons (Fsp3) is 0.107. The molecule has 0 unspecified atom stereocenters. The average Bonchev–Trinajstić information content (AvgIpc) is 3.64. The molecule has 9 aromatic carbocycles. The quantitative estimate of drug-likeness (QED) is 0.170. The highest BCUT2D eigenvalue weighted by Gasteiger charge is 2.40. The number of hydrogen-bond donors (Lipinski definition) is 0. The molecule has 1 nitrogen and oxygen atoms in total. The van der Waals surface area contributed by atoms with Crippen molar-refractivity contribution in [2.75, 3.05) is 4.90 Å². The van der Waals surface area contributed by atoms with Gasteiger partial charge in [0.15, 0.2) is 0 Å². The van der Waals surface area contributed by atoms with Gasteiger partial charge in [0, 0.05) is 22.2 Å². The van der Waals surface area contributed by atoms with Crippen molar-refractivity contribution in [2.45, 2.75) is 38.5 Å². The second-order valence-corrected chi connectivity index (χ2v) is 16.9. The summed E-state index contributed by atoms with van der Waals surface area (Å²) in [6.45, 7) is 9.56. The van der Waals surface area contributed by atoms with Crippen LogP contribution >= 0.6 is 0 Å². The molecule has 2 aliphatic rings. The van der Waals surface area contributed by atoms with Crippen molar-refractivity contribution in [2.24, 2.45) is 0 Å². The fourth-order valence-corrected chi connectivity index (χ4v) is 10.3. The second-order valence-electron chi connectivity index (χ2n) is 16.9. The first-order valence-electron chi connectivity index (χ1n) is 20.2. The van der Waals surface area contributed by atoms with E-state index in [1.54, 1.807) is 0 Å². The molecule has 0 atom stereocenters. The Labute approximate surface area is 335 Å². The van der Waals surface area contributed by atoms with Crippen molar-refractivity contribution in [1.29, 1.82) is 0 Å². The van der Waals surface area contributed by atoms with Crippen LogP contribution in [0.2, 0.25) is 0 Å². The molecule has 0 aliphatic heterocycles. The zero-order chi connectivity index (χ0) is 38.5. The van der Waals surface area contributed by atoms with E-state index in [-0.39, 0.29) is 10.8 Å². The summed E-state index contributed by atoms with van der Waals surface area (Å²) in [4.78, 5) is 2.52. The van der Waals surface area contributed by atoms with Gasteiger partial charge in [-0.05, 0) is 119 Å². The topological polar surface area (TPSA) is 3.24 Å². The monoisotopic (exact) mass is 729 g/mol. The van der Waals surface area contributed by atoms with Crippen molar-refractivity contribution in [3.63, 3.8) is 0 Å². The molecule has 0 saturated heterocycles. The Morgan fingerprint density at radius 1 is 0.368 bits per heavy atom. The summed E-state index contributed by atoms with van der Waals surface area (Å²) in [5, 5.41) is 5.14. The van der Waals surface area contributed by atoms with Gasteiger partial charge < -0.3 is 4.90 Å². The minimum absolute atomic E-state index is 0.154. The molecule has 0 fully saturated rings. The molecule has 2 aliphatic carbocycles. The lowest BCUT2D eigenvalue weighted by molar-refractivity contribution is 0.659. The first-order chi connectivity index (χ1) is 27.8. The number of rotatable bonds is 5. The van der Waals surface area contributed by atoms with E-state index in [2.05, 4.69) is 221 Å². The van der Waals surface area contributed by atoms with Crippen LogP contribution in [0.5, 0.6) is 0 Å². The summed E-state index contributed by atoms with van der Waals surface area (Å²) < 4.78 is 0. The third-order valence-electron chi connectivity index (χ3n) is 13.0. The highest BCUT2D eigenvalue weighted by molar-refractivity contribution is 6.07. The maximum absolute atomic E-state index is 2.52. The summed E-state index contributed by atoms with van der Waals surface area (Å²) in [7, 11) is 0. The summed E-state index contributed by atoms with van der Waals surface area (Å²) >= 11 is 0. The molecule has 9 aromatic rings. The van der Waals surface area contributed by atoms with Gasteiger partial charge in [0.2, 0.25) is 0 Å². The Bertz CT molecular complexity index is 3050. The highest BCUT2D eigenvalue weighted by Crippen LogP contribution is 2.56. The van der Waals surface area contributed by atoms with Crippen molar-refractivity contribution >= 4 is 38.6 Å². The molecule has 0 saturated carbocycles. The first-order valence-corrected chi connectivity index (χ1v) is 20.2. The normalized spacial score (nSPS) is 14.2. The van der Waals surface area contributed by atoms with Gasteiger partial charge in [0.05, 0.1) is 5.69 Å². The summed E-state index contributed by atoms with van der Waals surface area (Å²) in [5.74, 6) is 0. The van der Waals surface area contributed by atoms with E-state index in [9.17, 15) is 0 Å². The minimum Gasteiger partial charge on any atom is -0.310 e. The molecule has 272 valence electrons. The Hall–Kier alpha value is -6.70. The molecule has 0 radical (unpaired) electrons. The van der Waals surface area contributed by atoms with E-state index in [1.165, 1.54) is 99.7 Å². The Morgan fingerprint density at radius 2 is 0.982 bits per heavy atom. The highest BCUT2D eigenvalue weighted by atomic mass is 15.1. The predicted molar refractivity (Wildman–Crippen MR) is 242 cm³/mol. The van der Waals surface area contributed by atoms with Gasteiger partial charge in [-0.25, -0.2) is 0 Å². The number of nitrogens with zero attached hydrogens (tertiary/aromatic N) is 1. The van der Waals surface area contributed by atoms with Crippen LogP contribution in [0.4, 0.5) is 17.1 Å². The number of anilines is 3. The number of benzene rings is 9. The largest absolute Gasteiger partial charge is 0.310 e. The maximum Gasteiger partial charge on any atom is 0.0508 e. The molecule has 0 spiro atoms. The van der Waals surface area contributed by atoms with Gasteiger partial charge in [0.1, 0.15) is 0 Å². The molecular formula is C56H43N. The van der Waals surface area contributed by atoms with E-state index >= 15 is 0 Å². The molecule has 57 heavy (non-hydrogen) atoms. The zero-order valence-corrected chi connectivity index (χ0v) is 32.8. The second kappa shape index (κ2) is 12.4. The fourth-order valence-electron chi connectivity index (χ4n) is 10.3. The van der Waals surface area contributed by atoms with Gasteiger partial charge >= 0.3 is 0 Å². The molecule has 1 heteroatoms. The van der Waals surface area contributed by atoms with Crippen LogP contribution in [0.3, 0.4) is 0 Å². The number of hydrogen-bond acceptors (Lipinski definition) is 1. The average molecular weight is 730 g/mol. The lowest BCUT2D eigenvalue weighted by atomic mass is 9.81. The van der Waals surface area contributed by atoms with Gasteiger partial charge in [-0.1, -0.05) is 185 Å². The smallest absolute Gasteiger partial charge is 0.0508 e. The lowest BCUT2D eigenvalue weighted by Crippen LogP contribution is -2.21. The van der Waals surface area contributed by atoms with Gasteiger partial charge in [-0.3, -0.25) is 0 Å². The van der Waals surface area contributed by atoms with Crippen LogP contribution in [0.1, 0.15) is 49.9 Å². The van der Waals surface area contributed by atoms with Crippen molar-refractivity contribution < 1.29 is 0 Å². The van der Waals surface area contributed by atoms with Crippen LogP contribution in [0, 0.1) is 0 Å². The SMILES string of the molecule is CC1(C)c2cc(N(c3ccc(-c4cccc5cccc(-c6ccccc6)c45)cc3)c3cccc4c3C(C)(C)c3ccccc3-4)ccc2-c2c1ccc1ccccc21. The van der Waals surface area contributed by atoms with Crippen LogP contribution < -0.4 is 4.90 Å². The third kappa shape index (κ3) is 4.95. The van der Waals surface area contributed by atoms with Crippen LogP contribution in [-0.2, 0) is 10.8 Å². The summed E-state index contributed by atoms with van der Waals surface area (Å²) in [6.07, 6.45) is 0.